The molecule has 0 saturated carbocycles. The maximum Gasteiger partial charge on any atom is 0.236 e. The lowest BCUT2D eigenvalue weighted by molar-refractivity contribution is -0.121. The van der Waals surface area contributed by atoms with E-state index < -0.39 is 6.04 Å². The van der Waals surface area contributed by atoms with Crippen LogP contribution < -0.4 is 11.1 Å². The summed E-state index contributed by atoms with van der Waals surface area (Å²) < 4.78 is 2.17. The van der Waals surface area contributed by atoms with Crippen LogP contribution in [-0.4, -0.2) is 28.0 Å². The van der Waals surface area contributed by atoms with Gasteiger partial charge in [-0.3, -0.25) is 4.79 Å². The summed E-state index contributed by atoms with van der Waals surface area (Å²) in [6, 6.07) is 7.63. The van der Waals surface area contributed by atoms with Crippen LogP contribution in [0.3, 0.4) is 0 Å². The molecule has 0 aliphatic rings. The van der Waals surface area contributed by atoms with Crippen LogP contribution in [0.1, 0.15) is 19.2 Å². The monoisotopic (exact) mass is 296 g/mol. The Kier molecular flexibility index (Phi) is 5.98. The highest BCUT2D eigenvalue weighted by Crippen LogP contribution is 2.15. The highest BCUT2D eigenvalue weighted by Gasteiger charge is 2.08. The van der Waals surface area contributed by atoms with E-state index in [1.54, 1.807) is 6.92 Å². The number of aryl methyl sites for hydroxylation is 2. The van der Waals surface area contributed by atoms with Gasteiger partial charge in [-0.15, -0.1) is 12.4 Å². The van der Waals surface area contributed by atoms with Gasteiger partial charge in [0.25, 0.3) is 0 Å². The topological polar surface area (TPSA) is 72.9 Å². The van der Waals surface area contributed by atoms with Gasteiger partial charge < -0.3 is 15.6 Å². The number of nitrogens with one attached hydrogen (secondary N) is 1. The van der Waals surface area contributed by atoms with Gasteiger partial charge >= 0.3 is 0 Å². The van der Waals surface area contributed by atoms with Crippen LogP contribution in [-0.2, 0) is 11.3 Å². The second-order valence-corrected chi connectivity index (χ2v) is 4.73. The van der Waals surface area contributed by atoms with Crippen LogP contribution >= 0.6 is 12.4 Å². The van der Waals surface area contributed by atoms with E-state index >= 15 is 0 Å². The molecule has 0 radical (unpaired) electrons. The largest absolute Gasteiger partial charge is 0.355 e. The number of carbonyl (C=O) groups is 1. The first-order valence-corrected chi connectivity index (χ1v) is 6.55. The summed E-state index contributed by atoms with van der Waals surface area (Å²) in [6.45, 7) is 5.15. The van der Waals surface area contributed by atoms with Crippen molar-refractivity contribution in [3.05, 3.63) is 30.1 Å². The quantitative estimate of drug-likeness (QED) is 0.824. The van der Waals surface area contributed by atoms with E-state index in [1.807, 2.05) is 25.1 Å². The third-order valence-corrected chi connectivity index (χ3v) is 3.12. The van der Waals surface area contributed by atoms with Crippen molar-refractivity contribution in [1.29, 1.82) is 0 Å². The zero-order chi connectivity index (χ0) is 13.8. The van der Waals surface area contributed by atoms with Gasteiger partial charge in [0, 0.05) is 13.1 Å². The third-order valence-electron chi connectivity index (χ3n) is 3.12. The Hall–Kier alpha value is -1.59. The number of rotatable bonds is 5. The fourth-order valence-electron chi connectivity index (χ4n) is 2.09. The molecule has 6 heteroatoms. The summed E-state index contributed by atoms with van der Waals surface area (Å²) in [6.07, 6.45) is 0.861. The molecule has 2 rings (SSSR count). The van der Waals surface area contributed by atoms with Gasteiger partial charge in [-0.25, -0.2) is 4.98 Å². The molecular formula is C14H21ClN4O. The highest BCUT2D eigenvalue weighted by atomic mass is 35.5. The average Bonchev–Trinajstić information content (AvgIpc) is 2.70. The number of imidazole rings is 1. The Balaban J connectivity index is 0.00000200. The first-order valence-electron chi connectivity index (χ1n) is 6.55. The zero-order valence-electron chi connectivity index (χ0n) is 11.8. The summed E-state index contributed by atoms with van der Waals surface area (Å²) in [5, 5.41) is 2.81. The van der Waals surface area contributed by atoms with Crippen molar-refractivity contribution in [2.45, 2.75) is 32.9 Å². The number of aromatic nitrogens is 2. The molecule has 0 aliphatic carbocycles. The van der Waals surface area contributed by atoms with Gasteiger partial charge in [-0.2, -0.15) is 0 Å². The summed E-state index contributed by atoms with van der Waals surface area (Å²) in [4.78, 5) is 15.8. The number of fused-ring (bicyclic) bond motifs is 1. The molecule has 0 spiro atoms. The van der Waals surface area contributed by atoms with Crippen LogP contribution in [0.15, 0.2) is 24.3 Å². The van der Waals surface area contributed by atoms with E-state index in [0.29, 0.717) is 6.54 Å². The van der Waals surface area contributed by atoms with Crippen molar-refractivity contribution in [2.75, 3.05) is 6.54 Å². The molecule has 0 fully saturated rings. The number of nitrogens with two attached hydrogens (primary N) is 1. The average molecular weight is 297 g/mol. The molecule has 110 valence electrons. The molecule has 1 heterocycles. The minimum atomic E-state index is -0.448. The fourth-order valence-corrected chi connectivity index (χ4v) is 2.09. The van der Waals surface area contributed by atoms with Crippen molar-refractivity contribution in [1.82, 2.24) is 14.9 Å². The first kappa shape index (κ1) is 16.5. The summed E-state index contributed by atoms with van der Waals surface area (Å²) >= 11 is 0. The van der Waals surface area contributed by atoms with Gasteiger partial charge in [0.05, 0.1) is 17.1 Å². The zero-order valence-corrected chi connectivity index (χ0v) is 12.6. The minimum Gasteiger partial charge on any atom is -0.355 e. The van der Waals surface area contributed by atoms with E-state index in [9.17, 15) is 4.79 Å². The number of halogens is 1. The molecule has 1 aromatic heterocycles. The third kappa shape index (κ3) is 3.71. The molecule has 0 saturated heterocycles. The Morgan fingerprint density at radius 2 is 2.15 bits per heavy atom. The molecule has 1 atom stereocenters. The van der Waals surface area contributed by atoms with Gasteiger partial charge in [0.2, 0.25) is 5.91 Å². The minimum absolute atomic E-state index is 0. The van der Waals surface area contributed by atoms with Crippen molar-refractivity contribution in [3.8, 4) is 0 Å². The Morgan fingerprint density at radius 1 is 1.45 bits per heavy atom. The molecule has 3 N–H and O–H groups in total. The van der Waals surface area contributed by atoms with E-state index in [0.717, 1.165) is 29.8 Å². The summed E-state index contributed by atoms with van der Waals surface area (Å²) in [7, 11) is 0. The smallest absolute Gasteiger partial charge is 0.236 e. The van der Waals surface area contributed by atoms with Gasteiger partial charge in [0.15, 0.2) is 0 Å². The van der Waals surface area contributed by atoms with Crippen LogP contribution in [0.4, 0.5) is 0 Å². The molecule has 0 bridgehead atoms. The van der Waals surface area contributed by atoms with Gasteiger partial charge in [-0.1, -0.05) is 12.1 Å². The number of amides is 1. The lowest BCUT2D eigenvalue weighted by Crippen LogP contribution is -2.38. The molecule has 1 unspecified atom stereocenters. The number of nitrogens with zero attached hydrogens (tertiary/aromatic N) is 2. The Bertz CT molecular complexity index is 580. The van der Waals surface area contributed by atoms with Crippen molar-refractivity contribution in [2.24, 2.45) is 5.73 Å². The molecular weight excluding hydrogens is 276 g/mol. The number of benzene rings is 1. The molecule has 20 heavy (non-hydrogen) atoms. The van der Waals surface area contributed by atoms with Gasteiger partial charge in [0.1, 0.15) is 5.82 Å². The van der Waals surface area contributed by atoms with Crippen molar-refractivity contribution >= 4 is 29.3 Å². The molecule has 1 amide bonds. The maximum atomic E-state index is 11.3. The SMILES string of the molecule is Cc1nc2ccccc2n1CCCNC(=O)C(C)N.Cl. The summed E-state index contributed by atoms with van der Waals surface area (Å²) in [5.74, 6) is 0.895. The fraction of sp³-hybridized carbons (Fsp3) is 0.429. The number of hydrogen-bond donors (Lipinski definition) is 2. The lowest BCUT2D eigenvalue weighted by atomic mass is 10.3. The van der Waals surface area contributed by atoms with E-state index in [4.69, 9.17) is 5.73 Å². The van der Waals surface area contributed by atoms with Crippen LogP contribution in [0.2, 0.25) is 0 Å². The summed E-state index contributed by atoms with van der Waals surface area (Å²) in [5.41, 5.74) is 7.64. The second kappa shape index (κ2) is 7.26. The standard InChI is InChI=1S/C14H20N4O.ClH/c1-10(15)14(19)16-8-5-9-18-11(2)17-12-6-3-4-7-13(12)18;/h3-4,6-7,10H,5,8-9,15H2,1-2H3,(H,16,19);1H. The first-order chi connectivity index (χ1) is 9.09. The van der Waals surface area contributed by atoms with Gasteiger partial charge in [-0.05, 0) is 32.4 Å². The van der Waals surface area contributed by atoms with Crippen LogP contribution in [0, 0.1) is 6.92 Å². The predicted molar refractivity (Wildman–Crippen MR) is 83.0 cm³/mol. The Labute approximate surface area is 125 Å². The normalized spacial score (nSPS) is 11.9. The molecule has 1 aromatic carbocycles. The van der Waals surface area contributed by atoms with Crippen molar-refractivity contribution in [3.63, 3.8) is 0 Å². The van der Waals surface area contributed by atoms with E-state index in [2.05, 4.69) is 20.9 Å². The lowest BCUT2D eigenvalue weighted by Gasteiger charge is -2.09. The number of para-hydroxylation sites is 2. The molecule has 5 nitrogen and oxygen atoms in total. The number of carbonyl (C=O) groups excluding carboxylic acids is 1. The van der Waals surface area contributed by atoms with Crippen molar-refractivity contribution < 1.29 is 4.79 Å². The van der Waals surface area contributed by atoms with Crippen LogP contribution in [0.25, 0.3) is 11.0 Å². The van der Waals surface area contributed by atoms with Crippen LogP contribution in [0.5, 0.6) is 0 Å². The predicted octanol–water partition coefficient (Wildman–Crippen LogP) is 1.62. The highest BCUT2D eigenvalue weighted by molar-refractivity contribution is 5.85. The van der Waals surface area contributed by atoms with E-state index in [1.165, 1.54) is 0 Å². The molecule has 2 aromatic rings. The molecule has 0 aliphatic heterocycles. The van der Waals surface area contributed by atoms with E-state index in [-0.39, 0.29) is 18.3 Å². The second-order valence-electron chi connectivity index (χ2n) is 4.73. The maximum absolute atomic E-state index is 11.3. The number of hydrogen-bond acceptors (Lipinski definition) is 3. The Morgan fingerprint density at radius 3 is 2.85 bits per heavy atom.